The Balaban J connectivity index is 2.26. The van der Waals surface area contributed by atoms with Gasteiger partial charge in [-0.1, -0.05) is 38.1 Å². The summed E-state index contributed by atoms with van der Waals surface area (Å²) in [7, 11) is 0. The van der Waals surface area contributed by atoms with Crippen molar-refractivity contribution in [1.82, 2.24) is 0 Å². The van der Waals surface area contributed by atoms with Gasteiger partial charge in [-0.25, -0.2) is 0 Å². The molecule has 0 atom stereocenters. The molecule has 0 unspecified atom stereocenters. The zero-order valence-electron chi connectivity index (χ0n) is 10.4. The van der Waals surface area contributed by atoms with Gasteiger partial charge in [-0.2, -0.15) is 0 Å². The summed E-state index contributed by atoms with van der Waals surface area (Å²) >= 11 is 0. The van der Waals surface area contributed by atoms with E-state index in [1.165, 1.54) is 17.5 Å². The Morgan fingerprint density at radius 3 is 2.50 bits per heavy atom. The largest absolute Gasteiger partial charge is 0.377 e. The maximum absolute atomic E-state index is 5.67. The highest BCUT2D eigenvalue weighted by Crippen LogP contribution is 2.10. The lowest BCUT2D eigenvalue weighted by Crippen LogP contribution is -2.04. The van der Waals surface area contributed by atoms with Gasteiger partial charge in [-0.05, 0) is 29.9 Å². The van der Waals surface area contributed by atoms with E-state index in [1.807, 2.05) is 12.1 Å². The minimum absolute atomic E-state index is 0.589. The minimum atomic E-state index is 0.589. The zero-order chi connectivity index (χ0) is 11.8. The summed E-state index contributed by atoms with van der Waals surface area (Å²) in [6.07, 6.45) is 2.38. The summed E-state index contributed by atoms with van der Waals surface area (Å²) < 4.78 is 5.66. The van der Waals surface area contributed by atoms with Crippen molar-refractivity contribution in [2.75, 3.05) is 6.61 Å². The molecule has 16 heavy (non-hydrogen) atoms. The van der Waals surface area contributed by atoms with Gasteiger partial charge in [0.2, 0.25) is 0 Å². The number of rotatable bonds is 7. The van der Waals surface area contributed by atoms with Crippen LogP contribution in [0.1, 0.15) is 37.8 Å². The quantitative estimate of drug-likeness (QED) is 0.718. The van der Waals surface area contributed by atoms with E-state index >= 15 is 0 Å². The Bertz CT molecular complexity index is 297. The van der Waals surface area contributed by atoms with Crippen molar-refractivity contribution < 1.29 is 4.74 Å². The van der Waals surface area contributed by atoms with Crippen molar-refractivity contribution in [3.8, 4) is 0 Å². The maximum atomic E-state index is 5.67. The smallest absolute Gasteiger partial charge is 0.0720 e. The van der Waals surface area contributed by atoms with Crippen LogP contribution in [0.25, 0.3) is 0 Å². The van der Waals surface area contributed by atoms with Crippen molar-refractivity contribution in [1.29, 1.82) is 0 Å². The van der Waals surface area contributed by atoms with Crippen LogP contribution in [0.3, 0.4) is 0 Å². The molecule has 2 N–H and O–H groups in total. The first-order chi connectivity index (χ1) is 7.74. The molecular weight excluding hydrogens is 198 g/mol. The Hall–Kier alpha value is -0.860. The summed E-state index contributed by atoms with van der Waals surface area (Å²) in [5, 5.41) is 0. The average Bonchev–Trinajstić information content (AvgIpc) is 2.29. The van der Waals surface area contributed by atoms with Crippen molar-refractivity contribution >= 4 is 0 Å². The maximum Gasteiger partial charge on any atom is 0.0720 e. The SMILES string of the molecule is CC(C)CCCOCc1ccccc1CN. The molecule has 0 radical (unpaired) electrons. The molecule has 90 valence electrons. The second kappa shape index (κ2) is 7.42. The molecule has 2 heteroatoms. The van der Waals surface area contributed by atoms with Crippen molar-refractivity contribution in [2.24, 2.45) is 11.7 Å². The predicted octanol–water partition coefficient (Wildman–Crippen LogP) is 3.10. The van der Waals surface area contributed by atoms with Crippen LogP contribution in [-0.2, 0) is 17.9 Å². The monoisotopic (exact) mass is 221 g/mol. The molecule has 0 saturated carbocycles. The standard InChI is InChI=1S/C14H23NO/c1-12(2)6-5-9-16-11-14-8-4-3-7-13(14)10-15/h3-4,7-8,12H,5-6,9-11,15H2,1-2H3. The number of ether oxygens (including phenoxy) is 1. The fourth-order valence-corrected chi connectivity index (χ4v) is 1.67. The minimum Gasteiger partial charge on any atom is -0.377 e. The van der Waals surface area contributed by atoms with Crippen LogP contribution >= 0.6 is 0 Å². The number of hydrogen-bond donors (Lipinski definition) is 1. The topological polar surface area (TPSA) is 35.2 Å². The van der Waals surface area contributed by atoms with E-state index in [0.29, 0.717) is 13.2 Å². The Morgan fingerprint density at radius 2 is 1.88 bits per heavy atom. The number of hydrogen-bond acceptors (Lipinski definition) is 2. The van der Waals surface area contributed by atoms with Gasteiger partial charge in [0.1, 0.15) is 0 Å². The van der Waals surface area contributed by atoms with Crippen LogP contribution in [0.5, 0.6) is 0 Å². The molecule has 1 rings (SSSR count). The normalized spacial score (nSPS) is 11.0. The van der Waals surface area contributed by atoms with Crippen molar-refractivity contribution in [2.45, 2.75) is 39.8 Å². The van der Waals surface area contributed by atoms with E-state index in [-0.39, 0.29) is 0 Å². The van der Waals surface area contributed by atoms with Crippen LogP contribution < -0.4 is 5.73 Å². The van der Waals surface area contributed by atoms with E-state index in [1.54, 1.807) is 0 Å². The van der Waals surface area contributed by atoms with Gasteiger partial charge in [0.15, 0.2) is 0 Å². The lowest BCUT2D eigenvalue weighted by Gasteiger charge is -2.09. The molecule has 0 bridgehead atoms. The molecular formula is C14H23NO. The van der Waals surface area contributed by atoms with Crippen LogP contribution in [0, 0.1) is 5.92 Å². The van der Waals surface area contributed by atoms with Crippen LogP contribution in [-0.4, -0.2) is 6.61 Å². The fourth-order valence-electron chi connectivity index (χ4n) is 1.67. The molecule has 0 aliphatic rings. The van der Waals surface area contributed by atoms with Gasteiger partial charge in [0, 0.05) is 13.2 Å². The zero-order valence-corrected chi connectivity index (χ0v) is 10.4. The first kappa shape index (κ1) is 13.2. The van der Waals surface area contributed by atoms with Gasteiger partial charge in [-0.3, -0.25) is 0 Å². The van der Waals surface area contributed by atoms with E-state index in [4.69, 9.17) is 10.5 Å². The summed E-state index contributed by atoms with van der Waals surface area (Å²) in [5.74, 6) is 0.764. The van der Waals surface area contributed by atoms with Crippen molar-refractivity contribution in [3.63, 3.8) is 0 Å². The Labute approximate surface area is 98.8 Å². The molecule has 0 heterocycles. The van der Waals surface area contributed by atoms with Gasteiger partial charge in [0.05, 0.1) is 6.61 Å². The highest BCUT2D eigenvalue weighted by molar-refractivity contribution is 5.26. The van der Waals surface area contributed by atoms with Gasteiger partial charge in [0.25, 0.3) is 0 Å². The highest BCUT2D eigenvalue weighted by atomic mass is 16.5. The summed E-state index contributed by atoms with van der Waals surface area (Å²) in [4.78, 5) is 0. The lowest BCUT2D eigenvalue weighted by atomic mass is 10.1. The molecule has 2 nitrogen and oxygen atoms in total. The van der Waals surface area contributed by atoms with E-state index < -0.39 is 0 Å². The van der Waals surface area contributed by atoms with Gasteiger partial charge in [-0.15, -0.1) is 0 Å². The molecule has 0 aromatic heterocycles. The van der Waals surface area contributed by atoms with Crippen LogP contribution in [0.2, 0.25) is 0 Å². The number of nitrogens with two attached hydrogens (primary N) is 1. The van der Waals surface area contributed by atoms with Crippen LogP contribution in [0.15, 0.2) is 24.3 Å². The van der Waals surface area contributed by atoms with E-state index in [2.05, 4.69) is 26.0 Å². The second-order valence-electron chi connectivity index (χ2n) is 4.56. The molecule has 0 aliphatic heterocycles. The third-order valence-corrected chi connectivity index (χ3v) is 2.67. The summed E-state index contributed by atoms with van der Waals surface area (Å²) in [6.45, 7) is 6.60. The third kappa shape index (κ3) is 4.77. The first-order valence-electron chi connectivity index (χ1n) is 6.08. The van der Waals surface area contributed by atoms with E-state index in [0.717, 1.165) is 18.9 Å². The van der Waals surface area contributed by atoms with Gasteiger partial charge >= 0.3 is 0 Å². The summed E-state index contributed by atoms with van der Waals surface area (Å²) in [5.41, 5.74) is 8.07. The van der Waals surface area contributed by atoms with E-state index in [9.17, 15) is 0 Å². The fraction of sp³-hybridized carbons (Fsp3) is 0.571. The second-order valence-corrected chi connectivity index (χ2v) is 4.56. The molecule has 0 saturated heterocycles. The van der Waals surface area contributed by atoms with Crippen molar-refractivity contribution in [3.05, 3.63) is 35.4 Å². The Morgan fingerprint density at radius 1 is 1.19 bits per heavy atom. The molecule has 1 aromatic rings. The molecule has 0 fully saturated rings. The third-order valence-electron chi connectivity index (χ3n) is 2.67. The lowest BCUT2D eigenvalue weighted by molar-refractivity contribution is 0.114. The van der Waals surface area contributed by atoms with Gasteiger partial charge < -0.3 is 10.5 Å². The van der Waals surface area contributed by atoms with Crippen LogP contribution in [0.4, 0.5) is 0 Å². The average molecular weight is 221 g/mol. The molecule has 0 spiro atoms. The first-order valence-corrected chi connectivity index (χ1v) is 6.08. The Kier molecular flexibility index (Phi) is 6.12. The summed E-state index contributed by atoms with van der Waals surface area (Å²) in [6, 6.07) is 8.20. The highest BCUT2D eigenvalue weighted by Gasteiger charge is 2.00. The predicted molar refractivity (Wildman–Crippen MR) is 68.1 cm³/mol. The molecule has 0 aliphatic carbocycles. The number of benzene rings is 1. The molecule has 1 aromatic carbocycles. The molecule has 0 amide bonds.